The summed E-state index contributed by atoms with van der Waals surface area (Å²) in [5.41, 5.74) is 2.67. The van der Waals surface area contributed by atoms with E-state index in [2.05, 4.69) is 12.1 Å². The van der Waals surface area contributed by atoms with Crippen molar-refractivity contribution >= 4 is 23.4 Å². The second-order valence-corrected chi connectivity index (χ2v) is 6.88. The van der Waals surface area contributed by atoms with E-state index < -0.39 is 0 Å². The van der Waals surface area contributed by atoms with E-state index in [4.69, 9.17) is 4.74 Å². The van der Waals surface area contributed by atoms with E-state index in [1.807, 2.05) is 71.6 Å². The Morgan fingerprint density at radius 1 is 0.920 bits per heavy atom. The van der Waals surface area contributed by atoms with Crippen molar-refractivity contribution in [1.82, 2.24) is 0 Å². The first-order chi connectivity index (χ1) is 12.3. The van der Waals surface area contributed by atoms with Crippen molar-refractivity contribution in [2.24, 2.45) is 0 Å². The van der Waals surface area contributed by atoms with Gasteiger partial charge in [0.15, 0.2) is 0 Å². The Kier molecular flexibility index (Phi) is 4.20. The number of fused-ring (bicyclic) bond motifs is 1. The van der Waals surface area contributed by atoms with Crippen LogP contribution in [0.5, 0.6) is 5.75 Å². The lowest BCUT2D eigenvalue weighted by Gasteiger charge is -2.36. The van der Waals surface area contributed by atoms with Gasteiger partial charge in [0.25, 0.3) is 5.91 Å². The average Bonchev–Trinajstić information content (AvgIpc) is 2.68. The van der Waals surface area contributed by atoms with Gasteiger partial charge in [-0.15, -0.1) is 0 Å². The van der Waals surface area contributed by atoms with Gasteiger partial charge in [-0.2, -0.15) is 0 Å². The summed E-state index contributed by atoms with van der Waals surface area (Å²) in [6.07, 6.45) is 0. The molecule has 0 saturated carbocycles. The SMILES string of the molecule is COc1cccc(N2C(=O)c3ccccc3SC2c2ccccc2)c1. The molecule has 1 amide bonds. The second-order valence-electron chi connectivity index (χ2n) is 5.75. The fourth-order valence-corrected chi connectivity index (χ4v) is 4.30. The van der Waals surface area contributed by atoms with Crippen LogP contribution >= 0.6 is 11.8 Å². The molecule has 3 aromatic carbocycles. The predicted molar refractivity (Wildman–Crippen MR) is 101 cm³/mol. The topological polar surface area (TPSA) is 29.5 Å². The van der Waals surface area contributed by atoms with Gasteiger partial charge in [0.05, 0.1) is 12.7 Å². The number of thioether (sulfide) groups is 1. The van der Waals surface area contributed by atoms with Crippen molar-refractivity contribution in [3.63, 3.8) is 0 Å². The van der Waals surface area contributed by atoms with E-state index in [0.717, 1.165) is 27.5 Å². The maximum Gasteiger partial charge on any atom is 0.260 e. The molecule has 1 heterocycles. The van der Waals surface area contributed by atoms with Crippen LogP contribution in [0.25, 0.3) is 0 Å². The van der Waals surface area contributed by atoms with Crippen LogP contribution < -0.4 is 9.64 Å². The molecule has 25 heavy (non-hydrogen) atoms. The summed E-state index contributed by atoms with van der Waals surface area (Å²) in [4.78, 5) is 16.1. The molecule has 0 aliphatic carbocycles. The van der Waals surface area contributed by atoms with Crippen molar-refractivity contribution in [2.75, 3.05) is 12.0 Å². The molecule has 4 heteroatoms. The fourth-order valence-electron chi connectivity index (χ4n) is 3.00. The molecule has 1 atom stereocenters. The zero-order valence-corrected chi connectivity index (χ0v) is 14.6. The second kappa shape index (κ2) is 6.65. The van der Waals surface area contributed by atoms with Crippen LogP contribution in [-0.4, -0.2) is 13.0 Å². The molecule has 1 aliphatic heterocycles. The molecule has 3 nitrogen and oxygen atoms in total. The van der Waals surface area contributed by atoms with Gasteiger partial charge in [0.1, 0.15) is 11.1 Å². The molecule has 124 valence electrons. The molecule has 1 unspecified atom stereocenters. The van der Waals surface area contributed by atoms with Gasteiger partial charge < -0.3 is 4.74 Å². The number of carbonyl (C=O) groups is 1. The minimum Gasteiger partial charge on any atom is -0.497 e. The highest BCUT2D eigenvalue weighted by atomic mass is 32.2. The van der Waals surface area contributed by atoms with E-state index >= 15 is 0 Å². The summed E-state index contributed by atoms with van der Waals surface area (Å²) in [5.74, 6) is 0.748. The Morgan fingerprint density at radius 2 is 1.68 bits per heavy atom. The number of benzene rings is 3. The van der Waals surface area contributed by atoms with Crippen molar-refractivity contribution in [1.29, 1.82) is 0 Å². The molecule has 0 aromatic heterocycles. The highest BCUT2D eigenvalue weighted by Gasteiger charge is 2.35. The van der Waals surface area contributed by atoms with E-state index in [-0.39, 0.29) is 11.3 Å². The summed E-state index contributed by atoms with van der Waals surface area (Å²) >= 11 is 1.69. The van der Waals surface area contributed by atoms with Crippen molar-refractivity contribution in [3.8, 4) is 5.75 Å². The number of anilines is 1. The quantitative estimate of drug-likeness (QED) is 0.656. The number of amides is 1. The summed E-state index contributed by atoms with van der Waals surface area (Å²) in [5, 5.41) is -0.115. The highest BCUT2D eigenvalue weighted by molar-refractivity contribution is 7.99. The third-order valence-electron chi connectivity index (χ3n) is 4.23. The lowest BCUT2D eigenvalue weighted by molar-refractivity contribution is 0.0979. The molecule has 3 aromatic rings. The summed E-state index contributed by atoms with van der Waals surface area (Å²) in [7, 11) is 1.63. The van der Waals surface area contributed by atoms with Crippen molar-refractivity contribution < 1.29 is 9.53 Å². The maximum atomic E-state index is 13.3. The molecular formula is C21H17NO2S. The smallest absolute Gasteiger partial charge is 0.260 e. The van der Waals surface area contributed by atoms with E-state index in [1.165, 1.54) is 0 Å². The van der Waals surface area contributed by atoms with Gasteiger partial charge in [-0.25, -0.2) is 0 Å². The first-order valence-electron chi connectivity index (χ1n) is 8.06. The largest absolute Gasteiger partial charge is 0.497 e. The number of nitrogens with zero attached hydrogens (tertiary/aromatic N) is 1. The Hall–Kier alpha value is -2.72. The van der Waals surface area contributed by atoms with Gasteiger partial charge in [-0.3, -0.25) is 9.69 Å². The monoisotopic (exact) mass is 347 g/mol. The highest BCUT2D eigenvalue weighted by Crippen LogP contribution is 2.46. The summed E-state index contributed by atoms with van der Waals surface area (Å²) in [6, 6.07) is 25.6. The van der Waals surface area contributed by atoms with Gasteiger partial charge in [-0.1, -0.05) is 60.3 Å². The number of rotatable bonds is 3. The number of hydrogen-bond acceptors (Lipinski definition) is 3. The molecule has 0 fully saturated rings. The number of hydrogen-bond donors (Lipinski definition) is 0. The fraction of sp³-hybridized carbons (Fsp3) is 0.0952. The van der Waals surface area contributed by atoms with Crippen LogP contribution in [0, 0.1) is 0 Å². The minimum absolute atomic E-state index is 0.0106. The zero-order chi connectivity index (χ0) is 17.2. The Morgan fingerprint density at radius 3 is 2.48 bits per heavy atom. The zero-order valence-electron chi connectivity index (χ0n) is 13.8. The Balaban J connectivity index is 1.86. The van der Waals surface area contributed by atoms with E-state index in [1.54, 1.807) is 18.9 Å². The maximum absolute atomic E-state index is 13.3. The summed E-state index contributed by atoms with van der Waals surface area (Å²) in [6.45, 7) is 0. The first-order valence-corrected chi connectivity index (χ1v) is 8.94. The molecule has 0 bridgehead atoms. The van der Waals surface area contributed by atoms with Crippen LogP contribution in [0.1, 0.15) is 21.3 Å². The molecule has 0 spiro atoms. The van der Waals surface area contributed by atoms with Gasteiger partial charge in [0, 0.05) is 16.6 Å². The van der Waals surface area contributed by atoms with Gasteiger partial charge in [0.2, 0.25) is 0 Å². The lowest BCUT2D eigenvalue weighted by atomic mass is 10.1. The predicted octanol–water partition coefficient (Wildman–Crippen LogP) is 5.15. The molecule has 1 aliphatic rings. The van der Waals surface area contributed by atoms with Gasteiger partial charge in [-0.05, 0) is 29.8 Å². The first kappa shape index (κ1) is 15.8. The molecule has 0 radical (unpaired) electrons. The Labute approximate surface area is 151 Å². The molecular weight excluding hydrogens is 330 g/mol. The van der Waals surface area contributed by atoms with Crippen molar-refractivity contribution in [3.05, 3.63) is 90.0 Å². The minimum atomic E-state index is -0.115. The van der Waals surface area contributed by atoms with Crippen LogP contribution in [-0.2, 0) is 0 Å². The van der Waals surface area contributed by atoms with E-state index in [9.17, 15) is 4.79 Å². The number of methoxy groups -OCH3 is 1. The molecule has 4 rings (SSSR count). The standard InChI is InChI=1S/C21H17NO2S/c1-24-17-11-7-10-16(14-17)22-20(23)18-12-5-6-13-19(18)25-21(22)15-8-3-2-4-9-15/h2-14,21H,1H3. The number of ether oxygens (including phenoxy) is 1. The van der Waals surface area contributed by atoms with E-state index in [0.29, 0.717) is 0 Å². The van der Waals surface area contributed by atoms with Crippen LogP contribution in [0.2, 0.25) is 0 Å². The van der Waals surface area contributed by atoms with Crippen molar-refractivity contribution in [2.45, 2.75) is 10.3 Å². The molecule has 0 saturated heterocycles. The normalized spacial score (nSPS) is 16.4. The van der Waals surface area contributed by atoms with Gasteiger partial charge >= 0.3 is 0 Å². The van der Waals surface area contributed by atoms with Crippen LogP contribution in [0.3, 0.4) is 0 Å². The third-order valence-corrected chi connectivity index (χ3v) is 5.54. The average molecular weight is 347 g/mol. The van der Waals surface area contributed by atoms with Crippen LogP contribution in [0.4, 0.5) is 5.69 Å². The Bertz CT molecular complexity index is 911. The summed E-state index contributed by atoms with van der Waals surface area (Å²) < 4.78 is 5.35. The molecule has 0 N–H and O–H groups in total. The number of carbonyl (C=O) groups excluding carboxylic acids is 1. The van der Waals surface area contributed by atoms with Crippen LogP contribution in [0.15, 0.2) is 83.8 Å². The lowest BCUT2D eigenvalue weighted by Crippen LogP contribution is -2.36. The third kappa shape index (κ3) is 2.89.